The lowest BCUT2D eigenvalue weighted by atomic mass is 10.1. The maximum atomic E-state index is 9.11. The van der Waals surface area contributed by atoms with Gasteiger partial charge in [0.2, 0.25) is 0 Å². The summed E-state index contributed by atoms with van der Waals surface area (Å²) in [5, 5.41) is 17.9. The van der Waals surface area contributed by atoms with Crippen LogP contribution in [-0.4, -0.2) is 35.6 Å². The molecule has 2 atom stereocenters. The molecule has 0 aliphatic rings. The number of aliphatic hydroxyl groups is 2. The molecule has 1 aromatic rings. The second-order valence-corrected chi connectivity index (χ2v) is 3.69. The molecule has 0 bridgehead atoms. The third kappa shape index (κ3) is 4.28. The molecule has 90 valence electrons. The molecule has 0 saturated heterocycles. The Morgan fingerprint density at radius 1 is 1.19 bits per heavy atom. The van der Waals surface area contributed by atoms with E-state index >= 15 is 0 Å². The summed E-state index contributed by atoms with van der Waals surface area (Å²) in [5.74, 6) is 0. The monoisotopic (exact) mass is 225 g/mol. The second-order valence-electron chi connectivity index (χ2n) is 3.69. The summed E-state index contributed by atoms with van der Waals surface area (Å²) in [5.41, 5.74) is 6.80. The van der Waals surface area contributed by atoms with Crippen LogP contribution in [0, 0.1) is 0 Å². The number of benzene rings is 1. The van der Waals surface area contributed by atoms with Crippen molar-refractivity contribution in [3.63, 3.8) is 0 Å². The highest BCUT2D eigenvalue weighted by Gasteiger charge is 2.16. The van der Waals surface area contributed by atoms with Crippen molar-refractivity contribution >= 4 is 0 Å². The van der Waals surface area contributed by atoms with Gasteiger partial charge in [0, 0.05) is 12.6 Å². The Morgan fingerprint density at radius 2 is 1.88 bits per heavy atom. The van der Waals surface area contributed by atoms with Gasteiger partial charge in [0.25, 0.3) is 0 Å². The van der Waals surface area contributed by atoms with E-state index < -0.39 is 6.10 Å². The van der Waals surface area contributed by atoms with Crippen LogP contribution in [0.4, 0.5) is 0 Å². The Labute approximate surface area is 95.7 Å². The van der Waals surface area contributed by atoms with Gasteiger partial charge in [-0.2, -0.15) is 0 Å². The Morgan fingerprint density at radius 3 is 2.44 bits per heavy atom. The van der Waals surface area contributed by atoms with Gasteiger partial charge in [-0.25, -0.2) is 0 Å². The largest absolute Gasteiger partial charge is 0.396 e. The van der Waals surface area contributed by atoms with E-state index in [1.807, 2.05) is 30.3 Å². The standard InChI is InChI=1S/C12H19NO3/c13-11(6-7-14)12(8-15)16-9-10-4-2-1-3-5-10/h1-5,11-12,14-15H,6-9,13H2/t11-,12-/m0/s1. The normalized spacial score (nSPS) is 14.7. The first kappa shape index (κ1) is 13.1. The number of hydrogen-bond acceptors (Lipinski definition) is 4. The number of nitrogens with two attached hydrogens (primary N) is 1. The zero-order valence-electron chi connectivity index (χ0n) is 9.25. The van der Waals surface area contributed by atoms with Gasteiger partial charge in [0.15, 0.2) is 0 Å². The van der Waals surface area contributed by atoms with Gasteiger partial charge in [-0.1, -0.05) is 30.3 Å². The van der Waals surface area contributed by atoms with Crippen molar-refractivity contribution < 1.29 is 14.9 Å². The predicted molar refractivity (Wildman–Crippen MR) is 61.8 cm³/mol. The third-order valence-electron chi connectivity index (χ3n) is 2.43. The molecular formula is C12H19NO3. The van der Waals surface area contributed by atoms with Crippen LogP contribution >= 0.6 is 0 Å². The van der Waals surface area contributed by atoms with Crippen LogP contribution in [0.15, 0.2) is 30.3 Å². The Hall–Kier alpha value is -0.940. The minimum atomic E-state index is -0.424. The molecule has 0 heterocycles. The molecule has 0 aliphatic heterocycles. The second kappa shape index (κ2) is 7.35. The zero-order valence-corrected chi connectivity index (χ0v) is 9.25. The van der Waals surface area contributed by atoms with Crippen molar-refractivity contribution in [3.05, 3.63) is 35.9 Å². The molecule has 0 unspecified atom stereocenters. The number of hydrogen-bond donors (Lipinski definition) is 3. The van der Waals surface area contributed by atoms with Crippen molar-refractivity contribution in [1.82, 2.24) is 0 Å². The smallest absolute Gasteiger partial charge is 0.0961 e. The number of ether oxygens (including phenoxy) is 1. The van der Waals surface area contributed by atoms with Gasteiger partial charge in [0.1, 0.15) is 0 Å². The highest BCUT2D eigenvalue weighted by molar-refractivity contribution is 5.13. The molecule has 0 amide bonds. The van der Waals surface area contributed by atoms with Crippen LogP contribution < -0.4 is 5.73 Å². The van der Waals surface area contributed by atoms with Crippen molar-refractivity contribution in [2.24, 2.45) is 5.73 Å². The van der Waals surface area contributed by atoms with Crippen LogP contribution in [0.1, 0.15) is 12.0 Å². The maximum Gasteiger partial charge on any atom is 0.0961 e. The van der Waals surface area contributed by atoms with Gasteiger partial charge in [-0.3, -0.25) is 0 Å². The molecule has 4 N–H and O–H groups in total. The van der Waals surface area contributed by atoms with E-state index in [4.69, 9.17) is 20.7 Å². The molecule has 0 aromatic heterocycles. The minimum Gasteiger partial charge on any atom is -0.396 e. The topological polar surface area (TPSA) is 75.7 Å². The Bertz CT molecular complexity index is 279. The average Bonchev–Trinajstić information content (AvgIpc) is 2.31. The SMILES string of the molecule is N[C@@H](CCO)[C@H](CO)OCc1ccccc1. The number of aliphatic hydroxyl groups excluding tert-OH is 2. The summed E-state index contributed by atoms with van der Waals surface area (Å²) in [4.78, 5) is 0. The van der Waals surface area contributed by atoms with E-state index in [9.17, 15) is 0 Å². The van der Waals surface area contributed by atoms with Crippen molar-refractivity contribution in [2.45, 2.75) is 25.2 Å². The Kier molecular flexibility index (Phi) is 6.03. The summed E-state index contributed by atoms with van der Waals surface area (Å²) in [6.07, 6.45) is 0.00683. The first-order valence-electron chi connectivity index (χ1n) is 5.40. The molecule has 1 aromatic carbocycles. The van der Waals surface area contributed by atoms with Crippen LogP contribution in [0.5, 0.6) is 0 Å². The molecule has 0 fully saturated rings. The van der Waals surface area contributed by atoms with E-state index in [0.29, 0.717) is 13.0 Å². The molecule has 0 spiro atoms. The third-order valence-corrected chi connectivity index (χ3v) is 2.43. The molecule has 16 heavy (non-hydrogen) atoms. The minimum absolute atomic E-state index is 0.00631. The first-order chi connectivity index (χ1) is 7.77. The van der Waals surface area contributed by atoms with Gasteiger partial charge in [0.05, 0.1) is 19.3 Å². The first-order valence-corrected chi connectivity index (χ1v) is 5.40. The van der Waals surface area contributed by atoms with Crippen molar-refractivity contribution in [2.75, 3.05) is 13.2 Å². The molecule has 4 heteroatoms. The lowest BCUT2D eigenvalue weighted by molar-refractivity contribution is -0.0162. The predicted octanol–water partition coefficient (Wildman–Crippen LogP) is 0.274. The summed E-state index contributed by atoms with van der Waals surface area (Å²) < 4.78 is 5.51. The lowest BCUT2D eigenvalue weighted by Crippen LogP contribution is -2.40. The van der Waals surface area contributed by atoms with E-state index in [1.54, 1.807) is 0 Å². The van der Waals surface area contributed by atoms with E-state index in [1.165, 1.54) is 0 Å². The van der Waals surface area contributed by atoms with Crippen LogP contribution in [-0.2, 0) is 11.3 Å². The molecule has 4 nitrogen and oxygen atoms in total. The van der Waals surface area contributed by atoms with Gasteiger partial charge in [-0.15, -0.1) is 0 Å². The maximum absolute atomic E-state index is 9.11. The van der Waals surface area contributed by atoms with Crippen LogP contribution in [0.3, 0.4) is 0 Å². The highest BCUT2D eigenvalue weighted by atomic mass is 16.5. The number of rotatable bonds is 7. The molecule has 1 rings (SSSR count). The molecule has 0 radical (unpaired) electrons. The highest BCUT2D eigenvalue weighted by Crippen LogP contribution is 2.06. The van der Waals surface area contributed by atoms with E-state index in [2.05, 4.69) is 0 Å². The van der Waals surface area contributed by atoms with Gasteiger partial charge >= 0.3 is 0 Å². The van der Waals surface area contributed by atoms with Gasteiger partial charge < -0.3 is 20.7 Å². The van der Waals surface area contributed by atoms with Gasteiger partial charge in [-0.05, 0) is 12.0 Å². The van der Waals surface area contributed by atoms with E-state index in [0.717, 1.165) is 5.56 Å². The van der Waals surface area contributed by atoms with E-state index in [-0.39, 0.29) is 19.3 Å². The average molecular weight is 225 g/mol. The fraction of sp³-hybridized carbons (Fsp3) is 0.500. The summed E-state index contributed by atoms with van der Waals surface area (Å²) in [6, 6.07) is 9.36. The quantitative estimate of drug-likeness (QED) is 0.623. The van der Waals surface area contributed by atoms with Crippen molar-refractivity contribution in [3.8, 4) is 0 Å². The van der Waals surface area contributed by atoms with Crippen molar-refractivity contribution in [1.29, 1.82) is 0 Å². The van der Waals surface area contributed by atoms with Crippen LogP contribution in [0.2, 0.25) is 0 Å². The molecular weight excluding hydrogens is 206 g/mol. The fourth-order valence-corrected chi connectivity index (χ4v) is 1.42. The lowest BCUT2D eigenvalue weighted by Gasteiger charge is -2.21. The molecule has 0 aliphatic carbocycles. The molecule has 0 saturated carbocycles. The van der Waals surface area contributed by atoms with Crippen LogP contribution in [0.25, 0.3) is 0 Å². The summed E-state index contributed by atoms with van der Waals surface area (Å²) >= 11 is 0. The summed E-state index contributed by atoms with van der Waals surface area (Å²) in [7, 11) is 0. The summed E-state index contributed by atoms with van der Waals surface area (Å²) in [6.45, 7) is 0.297. The fourth-order valence-electron chi connectivity index (χ4n) is 1.42. The zero-order chi connectivity index (χ0) is 11.8. The Balaban J connectivity index is 2.39.